The summed E-state index contributed by atoms with van der Waals surface area (Å²) in [5, 5.41) is 15.8. The summed E-state index contributed by atoms with van der Waals surface area (Å²) in [6.07, 6.45) is 1.43. The van der Waals surface area contributed by atoms with E-state index in [-0.39, 0.29) is 23.5 Å². The molecule has 204 valence electrons. The number of ether oxygens (including phenoxy) is 1. The number of unbranched alkanes of at least 4 members (excludes halogenated alkanes) is 1. The van der Waals surface area contributed by atoms with E-state index in [4.69, 9.17) is 4.74 Å². The Morgan fingerprint density at radius 1 is 1.08 bits per heavy atom. The van der Waals surface area contributed by atoms with Crippen LogP contribution >= 0.6 is 0 Å². The summed E-state index contributed by atoms with van der Waals surface area (Å²) in [5.74, 6) is -0.467. The number of benzene rings is 1. The van der Waals surface area contributed by atoms with Gasteiger partial charge in [-0.25, -0.2) is 4.79 Å². The highest BCUT2D eigenvalue weighted by molar-refractivity contribution is 5.92. The van der Waals surface area contributed by atoms with E-state index in [1.54, 1.807) is 44.7 Å². The third-order valence-electron chi connectivity index (χ3n) is 5.53. The molecular formula is C28H47N3O5. The average molecular weight is 506 g/mol. The van der Waals surface area contributed by atoms with Gasteiger partial charge >= 0.3 is 6.09 Å². The van der Waals surface area contributed by atoms with Crippen LogP contribution in [-0.4, -0.2) is 51.6 Å². The molecule has 0 radical (unpaired) electrons. The number of carbonyl (C=O) groups is 3. The second-order valence-electron chi connectivity index (χ2n) is 11.8. The Hall–Kier alpha value is -2.77. The second kappa shape index (κ2) is 13.0. The van der Waals surface area contributed by atoms with Crippen LogP contribution in [0.1, 0.15) is 98.7 Å². The summed E-state index contributed by atoms with van der Waals surface area (Å²) in [6.45, 7) is 19.1. The number of hydrogen-bond donors (Lipinski definition) is 3. The minimum Gasteiger partial charge on any atom is -0.508 e. The summed E-state index contributed by atoms with van der Waals surface area (Å²) in [6, 6.07) is 3.08. The van der Waals surface area contributed by atoms with Crippen LogP contribution < -0.4 is 10.6 Å². The second-order valence-corrected chi connectivity index (χ2v) is 11.8. The molecule has 0 aromatic heterocycles. The molecule has 0 saturated heterocycles. The summed E-state index contributed by atoms with van der Waals surface area (Å²) >= 11 is 0. The fourth-order valence-electron chi connectivity index (χ4n) is 3.91. The molecule has 0 spiro atoms. The van der Waals surface area contributed by atoms with Gasteiger partial charge < -0.3 is 25.4 Å². The van der Waals surface area contributed by atoms with Crippen LogP contribution in [0.25, 0.3) is 0 Å². The van der Waals surface area contributed by atoms with Crippen LogP contribution in [0.2, 0.25) is 0 Å². The fourth-order valence-corrected chi connectivity index (χ4v) is 3.91. The molecular weight excluding hydrogens is 458 g/mol. The Balaban J connectivity index is 3.56. The van der Waals surface area contributed by atoms with Crippen LogP contribution in [0.15, 0.2) is 18.2 Å². The predicted molar refractivity (Wildman–Crippen MR) is 143 cm³/mol. The maximum Gasteiger partial charge on any atom is 0.408 e. The van der Waals surface area contributed by atoms with Crippen molar-refractivity contribution in [2.24, 2.45) is 5.92 Å². The van der Waals surface area contributed by atoms with Crippen molar-refractivity contribution in [3.8, 4) is 5.75 Å². The van der Waals surface area contributed by atoms with Crippen LogP contribution in [0, 0.1) is 12.8 Å². The Morgan fingerprint density at radius 2 is 1.69 bits per heavy atom. The third-order valence-corrected chi connectivity index (χ3v) is 5.53. The molecule has 8 nitrogen and oxygen atoms in total. The molecule has 2 atom stereocenters. The van der Waals surface area contributed by atoms with Crippen LogP contribution in [0.3, 0.4) is 0 Å². The zero-order chi connectivity index (χ0) is 27.8. The molecule has 0 aliphatic carbocycles. The number of rotatable bonds is 10. The molecule has 3 amide bonds. The topological polar surface area (TPSA) is 108 Å². The quantitative estimate of drug-likeness (QED) is 0.378. The number of phenols is 1. The van der Waals surface area contributed by atoms with Crippen molar-refractivity contribution in [2.75, 3.05) is 6.54 Å². The third kappa shape index (κ3) is 9.70. The van der Waals surface area contributed by atoms with Gasteiger partial charge in [0, 0.05) is 12.1 Å². The van der Waals surface area contributed by atoms with Gasteiger partial charge in [-0.05, 0) is 90.5 Å². The minimum atomic E-state index is -0.955. The number of alkyl carbamates (subject to hydrolysis) is 1. The van der Waals surface area contributed by atoms with E-state index in [9.17, 15) is 19.5 Å². The highest BCUT2D eigenvalue weighted by atomic mass is 16.6. The Labute approximate surface area is 217 Å². The predicted octanol–water partition coefficient (Wildman–Crippen LogP) is 5.22. The first-order chi connectivity index (χ1) is 16.5. The molecule has 1 aromatic rings. The van der Waals surface area contributed by atoms with Crippen molar-refractivity contribution in [1.82, 2.24) is 15.5 Å². The number of nitrogens with zero attached hydrogens (tertiary/aromatic N) is 1. The smallest absolute Gasteiger partial charge is 0.408 e. The fraction of sp³-hybridized carbons (Fsp3) is 0.679. The zero-order valence-electron chi connectivity index (χ0n) is 23.8. The maximum absolute atomic E-state index is 14.2. The lowest BCUT2D eigenvalue weighted by Crippen LogP contribution is -2.58. The van der Waals surface area contributed by atoms with Crippen molar-refractivity contribution >= 4 is 17.9 Å². The molecule has 2 unspecified atom stereocenters. The van der Waals surface area contributed by atoms with Crippen molar-refractivity contribution < 1.29 is 24.2 Å². The normalized spacial score (nSPS) is 13.6. The summed E-state index contributed by atoms with van der Waals surface area (Å²) in [4.78, 5) is 41.9. The average Bonchev–Trinajstić information content (AvgIpc) is 2.70. The highest BCUT2D eigenvalue weighted by Crippen LogP contribution is 2.32. The molecule has 1 rings (SSSR count). The van der Waals surface area contributed by atoms with E-state index < -0.39 is 29.3 Å². The van der Waals surface area contributed by atoms with Gasteiger partial charge in [0.15, 0.2) is 0 Å². The molecule has 0 aliphatic heterocycles. The van der Waals surface area contributed by atoms with E-state index in [1.165, 1.54) is 6.07 Å². The van der Waals surface area contributed by atoms with Gasteiger partial charge in [-0.1, -0.05) is 33.3 Å². The molecule has 0 saturated carbocycles. The van der Waals surface area contributed by atoms with Crippen molar-refractivity contribution in [2.45, 2.75) is 112 Å². The van der Waals surface area contributed by atoms with Gasteiger partial charge in [-0.2, -0.15) is 0 Å². The molecule has 36 heavy (non-hydrogen) atoms. The minimum absolute atomic E-state index is 0.100. The number of hydrogen-bond acceptors (Lipinski definition) is 5. The van der Waals surface area contributed by atoms with Gasteiger partial charge in [0.2, 0.25) is 11.8 Å². The lowest BCUT2D eigenvalue weighted by Gasteiger charge is -2.43. The largest absolute Gasteiger partial charge is 0.508 e. The zero-order valence-corrected chi connectivity index (χ0v) is 23.8. The molecule has 1 aromatic carbocycles. The molecule has 0 aliphatic rings. The number of amides is 3. The summed E-state index contributed by atoms with van der Waals surface area (Å²) < 4.78 is 5.42. The van der Waals surface area contributed by atoms with Gasteiger partial charge in [0.05, 0.1) is 0 Å². The van der Waals surface area contributed by atoms with Gasteiger partial charge in [0.1, 0.15) is 23.4 Å². The van der Waals surface area contributed by atoms with Gasteiger partial charge in [-0.3, -0.25) is 9.59 Å². The highest BCUT2D eigenvalue weighted by Gasteiger charge is 2.42. The molecule has 8 heteroatoms. The Morgan fingerprint density at radius 3 is 2.17 bits per heavy atom. The monoisotopic (exact) mass is 505 g/mol. The van der Waals surface area contributed by atoms with Crippen LogP contribution in [0.4, 0.5) is 4.79 Å². The van der Waals surface area contributed by atoms with Crippen molar-refractivity contribution in [3.05, 3.63) is 29.3 Å². The first-order valence-electron chi connectivity index (χ1n) is 12.9. The van der Waals surface area contributed by atoms with E-state index in [2.05, 4.69) is 10.6 Å². The van der Waals surface area contributed by atoms with Gasteiger partial charge in [0.25, 0.3) is 0 Å². The molecule has 0 fully saturated rings. The lowest BCUT2D eigenvalue weighted by atomic mass is 9.93. The Kier molecular flexibility index (Phi) is 11.3. The number of aromatic hydroxyl groups is 1. The lowest BCUT2D eigenvalue weighted by molar-refractivity contribution is -0.148. The van der Waals surface area contributed by atoms with E-state index in [0.717, 1.165) is 12.8 Å². The maximum atomic E-state index is 14.2. The van der Waals surface area contributed by atoms with E-state index >= 15 is 0 Å². The molecule has 3 N–H and O–H groups in total. The van der Waals surface area contributed by atoms with Crippen LogP contribution in [-0.2, 0) is 14.3 Å². The molecule has 0 heterocycles. The van der Waals surface area contributed by atoms with Gasteiger partial charge in [-0.15, -0.1) is 0 Å². The van der Waals surface area contributed by atoms with Crippen LogP contribution in [0.5, 0.6) is 5.75 Å². The first-order valence-corrected chi connectivity index (χ1v) is 12.9. The first kappa shape index (κ1) is 31.3. The number of phenolic OH excluding ortho intramolecular Hbond substituents is 1. The molecule has 0 bridgehead atoms. The number of nitrogens with one attached hydrogen (secondary N) is 2. The number of aryl methyl sites for hydroxylation is 1. The van der Waals surface area contributed by atoms with E-state index in [0.29, 0.717) is 24.1 Å². The van der Waals surface area contributed by atoms with E-state index in [1.807, 2.05) is 41.5 Å². The summed E-state index contributed by atoms with van der Waals surface area (Å²) in [5.41, 5.74) is -0.292. The number of carbonyl (C=O) groups excluding carboxylic acids is 3. The van der Waals surface area contributed by atoms with Crippen molar-refractivity contribution in [3.63, 3.8) is 0 Å². The Bertz CT molecular complexity index is 899. The standard InChI is InChI=1S/C28H47N3O5/c1-11-12-15-29-24(33)23(20-13-14-22(32)19(4)17-20)31(27(5,6)7)25(34)21(16-18(2)3)30-26(35)36-28(8,9)10/h13-14,17-18,21,23,32H,11-12,15-16H2,1-10H3,(H,29,33)(H,30,35). The van der Waals surface area contributed by atoms with Crippen molar-refractivity contribution in [1.29, 1.82) is 0 Å². The SMILES string of the molecule is CCCCNC(=O)C(c1ccc(O)c(C)c1)N(C(=O)C(CC(C)C)NC(=O)OC(C)(C)C)C(C)(C)C. The summed E-state index contributed by atoms with van der Waals surface area (Å²) in [7, 11) is 0.